The van der Waals surface area contributed by atoms with Crippen molar-refractivity contribution in [3.05, 3.63) is 50.7 Å². The third-order valence-electron chi connectivity index (χ3n) is 3.65. The quantitative estimate of drug-likeness (QED) is 0.689. The van der Waals surface area contributed by atoms with E-state index >= 15 is 0 Å². The summed E-state index contributed by atoms with van der Waals surface area (Å²) < 4.78 is 0. The van der Waals surface area contributed by atoms with Crippen molar-refractivity contribution in [2.24, 2.45) is 0 Å². The maximum Gasteiger partial charge on any atom is 0.289 e. The molecular formula is C14H14ClN5O2. The molecule has 1 N–H and O–H groups in total. The number of pyridine rings is 1. The molecule has 22 heavy (non-hydrogen) atoms. The lowest BCUT2D eigenvalue weighted by Crippen LogP contribution is -2.20. The number of rotatable bonds is 3. The maximum atomic E-state index is 10.7. The van der Waals surface area contributed by atoms with E-state index in [-0.39, 0.29) is 16.8 Å². The Morgan fingerprint density at radius 1 is 1.41 bits per heavy atom. The Bertz CT molecular complexity index is 737. The summed E-state index contributed by atoms with van der Waals surface area (Å²) in [6.45, 7) is 1.87. The highest BCUT2D eigenvalue weighted by Crippen LogP contribution is 2.33. The molecule has 0 aliphatic heterocycles. The molecule has 0 fully saturated rings. The molecule has 0 radical (unpaired) electrons. The summed E-state index contributed by atoms with van der Waals surface area (Å²) >= 11 is 6.08. The molecule has 1 atom stereocenters. The van der Waals surface area contributed by atoms with E-state index in [2.05, 4.69) is 20.3 Å². The second-order valence-corrected chi connectivity index (χ2v) is 5.60. The topological polar surface area (TPSA) is 93.8 Å². The van der Waals surface area contributed by atoms with Crippen molar-refractivity contribution in [2.45, 2.75) is 32.2 Å². The van der Waals surface area contributed by atoms with Gasteiger partial charge in [0, 0.05) is 23.5 Å². The molecular weight excluding hydrogens is 306 g/mol. The molecule has 1 aliphatic carbocycles. The largest absolute Gasteiger partial charge is 0.362 e. The van der Waals surface area contributed by atoms with Gasteiger partial charge in [0.2, 0.25) is 0 Å². The van der Waals surface area contributed by atoms with Crippen molar-refractivity contribution in [1.29, 1.82) is 0 Å². The van der Waals surface area contributed by atoms with Crippen molar-refractivity contribution in [3.8, 4) is 0 Å². The Morgan fingerprint density at radius 3 is 2.95 bits per heavy atom. The third kappa shape index (κ3) is 2.85. The molecule has 8 heteroatoms. The molecule has 2 aromatic heterocycles. The fraction of sp³-hybridized carbons (Fsp3) is 0.357. The lowest BCUT2D eigenvalue weighted by Gasteiger charge is -2.26. The first kappa shape index (κ1) is 14.6. The van der Waals surface area contributed by atoms with Crippen LogP contribution in [0.2, 0.25) is 5.02 Å². The van der Waals surface area contributed by atoms with Gasteiger partial charge >= 0.3 is 0 Å². The lowest BCUT2D eigenvalue weighted by molar-refractivity contribution is -0.385. The SMILES string of the molecule is Cc1ncc2c(n1)CCCC2Nc1ncc([N+](=O)[O-])cc1Cl. The summed E-state index contributed by atoms with van der Waals surface area (Å²) in [5, 5.41) is 14.2. The summed E-state index contributed by atoms with van der Waals surface area (Å²) in [7, 11) is 0. The second kappa shape index (κ2) is 5.84. The molecule has 0 aromatic carbocycles. The number of nitrogens with one attached hydrogen (secondary N) is 1. The number of nitrogens with zero attached hydrogens (tertiary/aromatic N) is 4. The van der Waals surface area contributed by atoms with Crippen LogP contribution in [-0.2, 0) is 6.42 Å². The fourth-order valence-corrected chi connectivity index (χ4v) is 2.81. The van der Waals surface area contributed by atoms with Gasteiger partial charge in [-0.2, -0.15) is 0 Å². The van der Waals surface area contributed by atoms with E-state index in [1.807, 2.05) is 13.1 Å². The molecule has 2 heterocycles. The molecule has 0 amide bonds. The van der Waals surface area contributed by atoms with E-state index in [1.54, 1.807) is 0 Å². The summed E-state index contributed by atoms with van der Waals surface area (Å²) in [6.07, 6.45) is 5.87. The van der Waals surface area contributed by atoms with Gasteiger partial charge in [0.05, 0.1) is 16.0 Å². The zero-order valence-corrected chi connectivity index (χ0v) is 12.7. The predicted molar refractivity (Wildman–Crippen MR) is 82.0 cm³/mol. The minimum atomic E-state index is -0.519. The molecule has 0 saturated heterocycles. The minimum absolute atomic E-state index is 0.0100. The second-order valence-electron chi connectivity index (χ2n) is 5.19. The van der Waals surface area contributed by atoms with Crippen molar-refractivity contribution in [2.75, 3.05) is 5.32 Å². The van der Waals surface area contributed by atoms with Gasteiger partial charge in [0.15, 0.2) is 0 Å². The number of aromatic nitrogens is 3. The third-order valence-corrected chi connectivity index (χ3v) is 3.94. The number of fused-ring (bicyclic) bond motifs is 1. The van der Waals surface area contributed by atoms with Gasteiger partial charge < -0.3 is 5.32 Å². The Labute approximate surface area is 131 Å². The van der Waals surface area contributed by atoms with Crippen LogP contribution in [-0.4, -0.2) is 19.9 Å². The van der Waals surface area contributed by atoms with Gasteiger partial charge in [-0.1, -0.05) is 11.6 Å². The van der Waals surface area contributed by atoms with Gasteiger partial charge in [-0.05, 0) is 26.2 Å². The first-order valence-electron chi connectivity index (χ1n) is 6.93. The lowest BCUT2D eigenvalue weighted by atomic mass is 9.92. The normalized spacial score (nSPS) is 16.9. The summed E-state index contributed by atoms with van der Waals surface area (Å²) in [6, 6.07) is 1.31. The number of halogens is 1. The average molecular weight is 320 g/mol. The molecule has 1 aliphatic rings. The van der Waals surface area contributed by atoms with Gasteiger partial charge in [-0.15, -0.1) is 0 Å². The van der Waals surface area contributed by atoms with Gasteiger partial charge in [0.1, 0.15) is 17.8 Å². The van der Waals surface area contributed by atoms with Crippen LogP contribution in [0, 0.1) is 17.0 Å². The summed E-state index contributed by atoms with van der Waals surface area (Å²) in [5.41, 5.74) is 1.95. The zero-order chi connectivity index (χ0) is 15.7. The molecule has 2 aromatic rings. The van der Waals surface area contributed by atoms with E-state index in [9.17, 15) is 10.1 Å². The van der Waals surface area contributed by atoms with E-state index in [0.29, 0.717) is 5.82 Å². The Kier molecular flexibility index (Phi) is 3.89. The van der Waals surface area contributed by atoms with Crippen LogP contribution in [0.15, 0.2) is 18.5 Å². The molecule has 114 valence electrons. The molecule has 0 spiro atoms. The fourth-order valence-electron chi connectivity index (χ4n) is 2.60. The highest BCUT2D eigenvalue weighted by Gasteiger charge is 2.23. The smallest absolute Gasteiger partial charge is 0.289 e. The van der Waals surface area contributed by atoms with Crippen molar-refractivity contribution in [1.82, 2.24) is 15.0 Å². The molecule has 3 rings (SSSR count). The predicted octanol–water partition coefficient (Wildman–Crippen LogP) is 3.23. The van der Waals surface area contributed by atoms with E-state index in [1.165, 1.54) is 12.3 Å². The molecule has 0 bridgehead atoms. The molecule has 1 unspecified atom stereocenters. The van der Waals surface area contributed by atoms with Crippen LogP contribution in [0.25, 0.3) is 0 Å². The summed E-state index contributed by atoms with van der Waals surface area (Å²) in [4.78, 5) is 23.0. The Balaban J connectivity index is 1.87. The van der Waals surface area contributed by atoms with Gasteiger partial charge in [0.25, 0.3) is 5.69 Å². The number of nitro groups is 1. The first-order valence-corrected chi connectivity index (χ1v) is 7.31. The van der Waals surface area contributed by atoms with Crippen molar-refractivity contribution >= 4 is 23.1 Å². The number of hydrogen-bond acceptors (Lipinski definition) is 6. The van der Waals surface area contributed by atoms with E-state index < -0.39 is 4.92 Å². The standard InChI is InChI=1S/C14H14ClN5O2/c1-8-16-7-10-12(18-8)3-2-4-13(10)19-14-11(15)5-9(6-17-14)20(21)22/h5-7,13H,2-4H2,1H3,(H,17,19). The van der Waals surface area contributed by atoms with E-state index in [0.717, 1.165) is 36.3 Å². The summed E-state index contributed by atoms with van der Waals surface area (Å²) in [5.74, 6) is 1.19. The van der Waals surface area contributed by atoms with Crippen LogP contribution in [0.4, 0.5) is 11.5 Å². The average Bonchev–Trinajstić information content (AvgIpc) is 2.49. The van der Waals surface area contributed by atoms with E-state index in [4.69, 9.17) is 11.6 Å². The number of aryl methyl sites for hydroxylation is 2. The van der Waals surface area contributed by atoms with Crippen LogP contribution in [0.5, 0.6) is 0 Å². The van der Waals surface area contributed by atoms with Crippen LogP contribution >= 0.6 is 11.6 Å². The number of hydrogen-bond donors (Lipinski definition) is 1. The van der Waals surface area contributed by atoms with Gasteiger partial charge in [-0.25, -0.2) is 15.0 Å². The first-order chi connectivity index (χ1) is 10.5. The zero-order valence-electron chi connectivity index (χ0n) is 11.9. The minimum Gasteiger partial charge on any atom is -0.362 e. The Morgan fingerprint density at radius 2 is 2.23 bits per heavy atom. The van der Waals surface area contributed by atoms with Crippen LogP contribution in [0.1, 0.15) is 36.0 Å². The Hall–Kier alpha value is -2.28. The highest BCUT2D eigenvalue weighted by molar-refractivity contribution is 6.33. The van der Waals surface area contributed by atoms with Crippen molar-refractivity contribution < 1.29 is 4.92 Å². The number of anilines is 1. The molecule has 0 saturated carbocycles. The molecule has 7 nitrogen and oxygen atoms in total. The van der Waals surface area contributed by atoms with Crippen LogP contribution < -0.4 is 5.32 Å². The monoisotopic (exact) mass is 319 g/mol. The van der Waals surface area contributed by atoms with Crippen LogP contribution in [0.3, 0.4) is 0 Å². The van der Waals surface area contributed by atoms with Gasteiger partial charge in [-0.3, -0.25) is 10.1 Å². The highest BCUT2D eigenvalue weighted by atomic mass is 35.5. The van der Waals surface area contributed by atoms with Crippen molar-refractivity contribution in [3.63, 3.8) is 0 Å². The maximum absolute atomic E-state index is 10.7.